The van der Waals surface area contributed by atoms with Crippen LogP contribution in [0.1, 0.15) is 16.7 Å². The number of aryl methyl sites for hydroxylation is 3. The van der Waals surface area contributed by atoms with E-state index in [-0.39, 0.29) is 68.4 Å². The van der Waals surface area contributed by atoms with Crippen LogP contribution in [-0.2, 0) is 37.2 Å². The summed E-state index contributed by atoms with van der Waals surface area (Å²) in [7, 11) is -8.01. The third-order valence-corrected chi connectivity index (χ3v) is 13.4. The molecule has 341 valence electrons. The summed E-state index contributed by atoms with van der Waals surface area (Å²) in [5.41, 5.74) is 12.0. The van der Waals surface area contributed by atoms with Crippen molar-refractivity contribution in [1.82, 2.24) is 54.8 Å². The van der Waals surface area contributed by atoms with Gasteiger partial charge in [-0.15, -0.1) is 0 Å². The Morgan fingerprint density at radius 2 is 1.03 bits per heavy atom. The van der Waals surface area contributed by atoms with Crippen LogP contribution in [-0.4, -0.2) is 73.3 Å². The molecule has 2 aliphatic heterocycles. The summed E-state index contributed by atoms with van der Waals surface area (Å²) >= 11 is 0. The van der Waals surface area contributed by atoms with Crippen LogP contribution in [0.2, 0.25) is 0 Å². The van der Waals surface area contributed by atoms with Gasteiger partial charge in [0.2, 0.25) is 17.8 Å². The molecule has 4 aromatic heterocycles. The van der Waals surface area contributed by atoms with Gasteiger partial charge in [0.05, 0.1) is 33.9 Å². The average Bonchev–Trinajstić information content (AvgIpc) is 4.00. The van der Waals surface area contributed by atoms with E-state index >= 15 is 0 Å². The van der Waals surface area contributed by atoms with E-state index in [4.69, 9.17) is 45.6 Å². The van der Waals surface area contributed by atoms with E-state index in [0.717, 1.165) is 45.3 Å². The van der Waals surface area contributed by atoms with Gasteiger partial charge in [-0.1, -0.05) is 71.3 Å². The quantitative estimate of drug-likeness (QED) is 0.0824. The third kappa shape index (κ3) is 7.76. The van der Waals surface area contributed by atoms with E-state index in [2.05, 4.69) is 30.3 Å². The summed E-state index contributed by atoms with van der Waals surface area (Å²) in [6.45, 7) is 5.92. The molecule has 6 heterocycles. The van der Waals surface area contributed by atoms with E-state index in [1.807, 2.05) is 75.4 Å². The number of hydrogen-bond donors (Lipinski definition) is 5. The average molecular weight is 992 g/mol. The number of nitrogens with one attached hydrogen (secondary N) is 3. The van der Waals surface area contributed by atoms with Crippen LogP contribution < -0.4 is 31.1 Å². The molecule has 8 bridgehead atoms. The number of sulfonamides is 1. The van der Waals surface area contributed by atoms with Crippen LogP contribution in [0.5, 0.6) is 0 Å². The molecule has 5 aromatic carbocycles. The number of nitrogens with two attached hydrogens (primary N) is 1. The Hall–Kier alpha value is -7.95. The van der Waals surface area contributed by atoms with Crippen molar-refractivity contribution in [2.75, 3.05) is 28.1 Å². The van der Waals surface area contributed by atoms with Crippen LogP contribution in [0.15, 0.2) is 101 Å². The number of rotatable bonds is 7. The number of nitrogen functional groups attached to an aromatic ring is 1. The summed E-state index contributed by atoms with van der Waals surface area (Å²) in [5.74, 6) is 1.09. The topological polar surface area (TPSA) is 295 Å². The zero-order valence-electron chi connectivity index (χ0n) is 35.9. The predicted molar refractivity (Wildman–Crippen MR) is 252 cm³/mol. The number of anilines is 5. The molecule has 2 aliphatic rings. The Morgan fingerprint density at radius 3 is 1.60 bits per heavy atom. The number of benzene rings is 5. The maximum atomic E-state index is 14.4. The van der Waals surface area contributed by atoms with Gasteiger partial charge in [-0.25, -0.2) is 18.4 Å². The Bertz CT molecular complexity index is 4050. The van der Waals surface area contributed by atoms with Crippen molar-refractivity contribution in [2.24, 2.45) is 0 Å². The van der Waals surface area contributed by atoms with Crippen molar-refractivity contribution in [3.8, 4) is 45.6 Å². The van der Waals surface area contributed by atoms with Gasteiger partial charge < -0.3 is 46.3 Å². The van der Waals surface area contributed by atoms with Gasteiger partial charge in [0.25, 0.3) is 20.1 Å². The molecule has 0 unspecified atom stereocenters. The Morgan fingerprint density at radius 1 is 0.529 bits per heavy atom. The van der Waals surface area contributed by atoms with Gasteiger partial charge in [-0.3, -0.25) is 9.27 Å². The second kappa shape index (κ2) is 16.1. The number of fused-ring (bicyclic) bond motifs is 20. The van der Waals surface area contributed by atoms with E-state index in [9.17, 15) is 21.4 Å². The van der Waals surface area contributed by atoms with Gasteiger partial charge in [-0.05, 0) is 78.7 Å². The van der Waals surface area contributed by atoms with E-state index in [1.165, 1.54) is 24.3 Å². The second-order valence-corrected chi connectivity index (χ2v) is 18.9. The Labute approximate surface area is 396 Å². The van der Waals surface area contributed by atoms with Crippen LogP contribution in [0.3, 0.4) is 0 Å². The van der Waals surface area contributed by atoms with Crippen LogP contribution in [0, 0.1) is 20.8 Å². The standard InChI is InChI=1S/C45H33N15O5S2.Cu/c1-20-6-11-26-29(15-20)39-51-36-27-12-7-22(3)17-31(27)41(53-36)56-40-30-16-21(2)5-10-25(30)35(50-40)49-38-28-13-9-24(19-32(28)42(55-38)54-37(26)52-39)66(61,62)60-33-18-23(8-14-34(33)67(63,64)65)48-45-58-43(46)57-44(47-4)59-45;/h5-19,60H,1-4H3,(H5-2,46,47,48,49,50,51,52,53,54,55,56,57,58,59,63,64,65);/q-2;+2. The first-order valence-electron chi connectivity index (χ1n) is 20.4. The van der Waals surface area contributed by atoms with Gasteiger partial charge in [0.15, 0.2) is 0 Å². The van der Waals surface area contributed by atoms with Gasteiger partial charge in [0, 0.05) is 57.6 Å². The molecule has 23 heteroatoms. The fourth-order valence-corrected chi connectivity index (χ4v) is 9.75. The molecule has 0 aliphatic carbocycles. The van der Waals surface area contributed by atoms with E-state index < -0.39 is 30.7 Å². The fourth-order valence-electron chi connectivity index (χ4n) is 7.96. The molecule has 0 atom stereocenters. The second-order valence-electron chi connectivity index (χ2n) is 15.8. The molecule has 0 saturated carbocycles. The molecule has 0 saturated heterocycles. The summed E-state index contributed by atoms with van der Waals surface area (Å²) in [4.78, 5) is 50.7. The molecule has 20 nitrogen and oxygen atoms in total. The number of hydrogen-bond acceptors (Lipinski definition) is 16. The van der Waals surface area contributed by atoms with E-state index in [0.29, 0.717) is 50.3 Å². The van der Waals surface area contributed by atoms with E-state index in [1.54, 1.807) is 7.05 Å². The molecular weight excluding hydrogens is 958 g/mol. The monoisotopic (exact) mass is 990 g/mol. The largest absolute Gasteiger partial charge is 2.00 e. The van der Waals surface area contributed by atoms with Crippen LogP contribution >= 0.6 is 0 Å². The molecule has 9 aromatic rings. The van der Waals surface area contributed by atoms with Crippen molar-refractivity contribution < 1.29 is 38.5 Å². The van der Waals surface area contributed by atoms with Crippen molar-refractivity contribution >= 4 is 93.5 Å². The van der Waals surface area contributed by atoms with Crippen molar-refractivity contribution in [2.45, 2.75) is 30.6 Å². The number of nitrogens with zero attached hydrogens (tertiary/aromatic N) is 11. The molecule has 0 spiro atoms. The molecule has 68 heavy (non-hydrogen) atoms. The van der Waals surface area contributed by atoms with Gasteiger partial charge in [-0.2, -0.15) is 23.4 Å². The fraction of sp³-hybridized carbons (Fsp3) is 0.0889. The van der Waals surface area contributed by atoms with Crippen LogP contribution in [0.25, 0.3) is 89.7 Å². The van der Waals surface area contributed by atoms with Crippen molar-refractivity contribution in [3.63, 3.8) is 0 Å². The maximum Gasteiger partial charge on any atom is 2.00 e. The minimum absolute atomic E-state index is 0. The molecule has 0 amide bonds. The molecule has 0 fully saturated rings. The van der Waals surface area contributed by atoms with Gasteiger partial charge >= 0.3 is 17.1 Å². The maximum absolute atomic E-state index is 14.4. The first-order chi connectivity index (χ1) is 32.1. The summed E-state index contributed by atoms with van der Waals surface area (Å²) < 4.78 is 66.4. The van der Waals surface area contributed by atoms with Gasteiger partial charge in [0.1, 0.15) is 4.90 Å². The predicted octanol–water partition coefficient (Wildman–Crippen LogP) is 6.65. The smallest absolute Gasteiger partial charge is 0.368 e. The zero-order chi connectivity index (χ0) is 46.5. The SMILES string of the molecule is CNc1nc(N)nc(Nc2ccc(S(=O)(=O)O)c(NS(=O)(=O)c3ccc4c(c3)-c3nc-4nc4[n-]c(nc5nc(nc6[n-]c(n3)c3ccc(C)cc63)-c3ccc(C)cc3-5)c3cc(C)ccc43)c2)n1.[Cu+2]. The summed E-state index contributed by atoms with van der Waals surface area (Å²) in [5, 5.41) is 8.38. The first-order valence-corrected chi connectivity index (χ1v) is 23.3. The Balaban J connectivity index is 0.00000539. The number of aromatic nitrogens is 11. The summed E-state index contributed by atoms with van der Waals surface area (Å²) in [6.07, 6.45) is 0. The minimum atomic E-state index is -4.95. The normalized spacial score (nSPS) is 12.1. The van der Waals surface area contributed by atoms with Crippen molar-refractivity contribution in [3.05, 3.63) is 108 Å². The Kier molecular flexibility index (Phi) is 10.4. The third-order valence-electron chi connectivity index (χ3n) is 11.1. The minimum Gasteiger partial charge on any atom is -0.368 e. The zero-order valence-corrected chi connectivity index (χ0v) is 38.4. The first kappa shape index (κ1) is 43.9. The molecule has 1 radical (unpaired) electrons. The van der Waals surface area contributed by atoms with Crippen molar-refractivity contribution in [1.29, 1.82) is 0 Å². The summed E-state index contributed by atoms with van der Waals surface area (Å²) in [6, 6.07) is 25.2. The molecule has 6 N–H and O–H groups in total. The van der Waals surface area contributed by atoms with Crippen LogP contribution in [0.4, 0.5) is 29.2 Å². The molecular formula is C45H33CuN15O5S2. The molecule has 11 rings (SSSR count).